The smallest absolute Gasteiger partial charge is 0.0862 e. The molecule has 1 atom stereocenters. The first-order valence-corrected chi connectivity index (χ1v) is 3.49. The number of piperidine rings is 1. The van der Waals surface area contributed by atoms with E-state index in [1.165, 1.54) is 4.90 Å². The Kier molecular flexibility index (Phi) is 1.42. The summed E-state index contributed by atoms with van der Waals surface area (Å²) in [7, 11) is 0. The van der Waals surface area contributed by atoms with Crippen molar-refractivity contribution in [1.82, 2.24) is 4.90 Å². The number of hydrogen-bond acceptors (Lipinski definition) is 1. The van der Waals surface area contributed by atoms with E-state index in [2.05, 4.69) is 0 Å². The predicted molar refractivity (Wildman–Crippen MR) is 40.5 cm³/mol. The lowest BCUT2D eigenvalue weighted by Gasteiger charge is -2.28. The predicted octanol–water partition coefficient (Wildman–Crippen LogP) is 1.81. The van der Waals surface area contributed by atoms with Gasteiger partial charge in [-0.2, -0.15) is 0 Å². The second-order valence-electron chi connectivity index (χ2n) is 2.78. The summed E-state index contributed by atoms with van der Waals surface area (Å²) >= 11 is 0. The molecule has 1 aliphatic rings. The molecule has 1 rings (SSSR count). The van der Waals surface area contributed by atoms with E-state index in [1.54, 1.807) is 0 Å². The second-order valence-corrected chi connectivity index (χ2v) is 2.78. The van der Waals surface area contributed by atoms with Crippen LogP contribution in [0.5, 0.6) is 0 Å². The second kappa shape index (κ2) is 3.15. The van der Waals surface area contributed by atoms with E-state index in [0.29, 0.717) is 25.8 Å². The van der Waals surface area contributed by atoms with Crippen molar-refractivity contribution < 1.29 is 8.50 Å². The maximum absolute atomic E-state index is 12.2. The third kappa shape index (κ3) is 1.57. The highest BCUT2D eigenvalue weighted by Gasteiger charge is 2.17. The van der Waals surface area contributed by atoms with Crippen molar-refractivity contribution in [3.05, 3.63) is 11.9 Å². The minimum absolute atomic E-state index is 0.0131. The van der Waals surface area contributed by atoms with Gasteiger partial charge in [0.05, 0.1) is 6.33 Å². The average Bonchev–Trinajstić information content (AvgIpc) is 2.02. The van der Waals surface area contributed by atoms with E-state index >= 15 is 0 Å². The minimum Gasteiger partial charge on any atom is -0.305 e. The third-order valence-corrected chi connectivity index (χ3v) is 1.94. The molecule has 0 saturated carbocycles. The molecule has 0 aliphatic carbocycles. The summed E-state index contributed by atoms with van der Waals surface area (Å²) in [5.74, 6) is 0.0131. The molecule has 1 nitrogen and oxygen atoms in total. The van der Waals surface area contributed by atoms with Gasteiger partial charge in [0, 0.05) is 17.2 Å². The molecule has 10 heavy (non-hydrogen) atoms. The summed E-state index contributed by atoms with van der Waals surface area (Å²) < 4.78 is 33.8. The summed E-state index contributed by atoms with van der Waals surface area (Å²) in [6.45, 7) is 0.669. The number of nitrogens with zero attached hydrogens (tertiary/aromatic N) is 1. The average molecular weight is 146 g/mol. The lowest BCUT2D eigenvalue weighted by atomic mass is 9.95. The van der Waals surface area contributed by atoms with Crippen molar-refractivity contribution in [1.29, 1.82) is 0 Å². The van der Waals surface area contributed by atoms with E-state index < -0.39 is 6.98 Å². The Morgan fingerprint density at radius 2 is 2.70 bits per heavy atom. The molecule has 0 aromatic carbocycles. The molecule has 0 bridgehead atoms. The topological polar surface area (TPSA) is 3.24 Å². The monoisotopic (exact) mass is 146 g/mol. The fraction of sp³-hybridized carbons (Fsp3) is 0.750. The van der Waals surface area contributed by atoms with E-state index in [-0.39, 0.29) is 5.92 Å². The molecule has 2 heteroatoms. The van der Waals surface area contributed by atoms with Gasteiger partial charge in [-0.25, -0.2) is 4.39 Å². The number of likely N-dealkylation sites (tertiary alicyclic amines) is 1. The number of hydrogen-bond donors (Lipinski definition) is 0. The largest absolute Gasteiger partial charge is 0.305 e. The highest BCUT2D eigenvalue weighted by molar-refractivity contribution is 5.06. The molecule has 1 heterocycles. The zero-order chi connectivity index (χ0) is 10.1. The Labute approximate surface area is 65.7 Å². The molecule has 1 aliphatic heterocycles. The normalized spacial score (nSPS) is 38.8. The Morgan fingerprint density at radius 1 is 1.90 bits per heavy atom. The lowest BCUT2D eigenvalue weighted by molar-refractivity contribution is 0.265. The van der Waals surface area contributed by atoms with Crippen molar-refractivity contribution in [2.45, 2.75) is 13.3 Å². The van der Waals surface area contributed by atoms with Gasteiger partial charge in [0.25, 0.3) is 0 Å². The van der Waals surface area contributed by atoms with Crippen LogP contribution in [0.15, 0.2) is 11.9 Å². The molecule has 0 aromatic rings. The Bertz CT molecular complexity index is 212. The summed E-state index contributed by atoms with van der Waals surface area (Å²) in [4.78, 5) is 1.42. The van der Waals surface area contributed by atoms with Gasteiger partial charge >= 0.3 is 0 Å². The van der Waals surface area contributed by atoms with Crippen molar-refractivity contribution in [3.63, 3.8) is 0 Å². The van der Waals surface area contributed by atoms with Gasteiger partial charge in [0.15, 0.2) is 0 Å². The van der Waals surface area contributed by atoms with Gasteiger partial charge in [-0.05, 0) is 24.9 Å². The summed E-state index contributed by atoms with van der Waals surface area (Å²) in [6.07, 6.45) is 1.14. The Balaban J connectivity index is 2.61. The molecule has 0 spiro atoms. The Hall–Kier alpha value is -0.370. The molecule has 0 unspecified atom stereocenters. The van der Waals surface area contributed by atoms with Crippen molar-refractivity contribution >= 4 is 0 Å². The van der Waals surface area contributed by atoms with Crippen LogP contribution in [0.2, 0.25) is 0 Å². The van der Waals surface area contributed by atoms with Crippen LogP contribution in [-0.2, 0) is 0 Å². The third-order valence-electron chi connectivity index (χ3n) is 1.94. The van der Waals surface area contributed by atoms with Crippen LogP contribution in [0.25, 0.3) is 0 Å². The van der Waals surface area contributed by atoms with Crippen molar-refractivity contribution in [2.24, 2.45) is 5.92 Å². The summed E-state index contributed by atoms with van der Waals surface area (Å²) in [6, 6.07) is 0. The van der Waals surface area contributed by atoms with E-state index in [0.717, 1.165) is 5.57 Å². The highest BCUT2D eigenvalue weighted by atomic mass is 19.1. The van der Waals surface area contributed by atoms with Crippen LogP contribution >= 0.6 is 0 Å². The fourth-order valence-electron chi connectivity index (χ4n) is 1.21. The van der Waals surface area contributed by atoms with Gasteiger partial charge in [0.2, 0.25) is 0 Å². The van der Waals surface area contributed by atoms with Gasteiger partial charge in [-0.15, -0.1) is 0 Å². The fourth-order valence-corrected chi connectivity index (χ4v) is 1.21. The molecule has 0 N–H and O–H groups in total. The van der Waals surface area contributed by atoms with Crippen LogP contribution in [0, 0.1) is 5.92 Å². The van der Waals surface area contributed by atoms with Crippen LogP contribution in [0.4, 0.5) is 4.39 Å². The maximum atomic E-state index is 12.2. The zero-order valence-corrected chi connectivity index (χ0v) is 6.10. The lowest BCUT2D eigenvalue weighted by Crippen LogP contribution is -2.32. The molecular weight excluding hydrogens is 129 g/mol. The van der Waals surface area contributed by atoms with Gasteiger partial charge < -0.3 is 4.90 Å². The molecule has 0 aromatic heterocycles. The molecule has 0 amide bonds. The number of rotatable bonds is 0. The minimum atomic E-state index is -2.03. The maximum Gasteiger partial charge on any atom is 0.0862 e. The van der Waals surface area contributed by atoms with E-state index in [4.69, 9.17) is 4.11 Å². The van der Waals surface area contributed by atoms with Crippen molar-refractivity contribution in [3.8, 4) is 0 Å². The molecule has 0 radical (unpaired) electrons. The number of halogens is 1. The van der Waals surface area contributed by atoms with Crippen LogP contribution in [-0.4, -0.2) is 25.0 Å². The van der Waals surface area contributed by atoms with Crippen molar-refractivity contribution in [2.75, 3.05) is 20.1 Å². The molecule has 1 saturated heterocycles. The van der Waals surface area contributed by atoms with E-state index in [1.807, 2.05) is 6.92 Å². The summed E-state index contributed by atoms with van der Waals surface area (Å²) in [5, 5.41) is 0. The van der Waals surface area contributed by atoms with Gasteiger partial charge in [0.1, 0.15) is 0 Å². The molecule has 1 fully saturated rings. The van der Waals surface area contributed by atoms with Crippen LogP contribution in [0.1, 0.15) is 17.5 Å². The van der Waals surface area contributed by atoms with Crippen LogP contribution < -0.4 is 0 Å². The molecular formula is C8H14FN. The zero-order valence-electron chi connectivity index (χ0n) is 9.10. The highest BCUT2D eigenvalue weighted by Crippen LogP contribution is 2.20. The first-order valence-electron chi connectivity index (χ1n) is 4.99. The SMILES string of the molecule is [2H]C([2H])([2H])N1CC/C(=C\F)[C@H](C)C1. The standard InChI is InChI=1S/C8H14FN/c1-7-6-10(2)4-3-8(7)5-9/h5,7H,3-4,6H2,1-2H3/b8-5+/t7-/m1/s1/i2D3. The summed E-state index contributed by atoms with van der Waals surface area (Å²) in [5.41, 5.74) is 0.723. The van der Waals surface area contributed by atoms with Crippen LogP contribution in [0.3, 0.4) is 0 Å². The Morgan fingerprint density at radius 3 is 3.20 bits per heavy atom. The first-order chi connectivity index (χ1) is 5.95. The first kappa shape index (κ1) is 4.50. The molecule has 58 valence electrons. The quantitative estimate of drug-likeness (QED) is 0.504. The van der Waals surface area contributed by atoms with E-state index in [9.17, 15) is 4.39 Å². The van der Waals surface area contributed by atoms with Gasteiger partial charge in [-0.3, -0.25) is 0 Å². The van der Waals surface area contributed by atoms with Gasteiger partial charge in [-0.1, -0.05) is 6.92 Å².